The molecule has 1 unspecified atom stereocenters. The first-order valence-electron chi connectivity index (χ1n) is 6.26. The summed E-state index contributed by atoms with van der Waals surface area (Å²) < 4.78 is 0. The Morgan fingerprint density at radius 1 is 1.33 bits per heavy atom. The van der Waals surface area contributed by atoms with Gasteiger partial charge in [0.1, 0.15) is 0 Å². The molecule has 0 aliphatic heterocycles. The largest absolute Gasteiger partial charge is 0.391 e. The van der Waals surface area contributed by atoms with Crippen molar-refractivity contribution in [1.29, 1.82) is 0 Å². The fourth-order valence-electron chi connectivity index (χ4n) is 1.53. The highest BCUT2D eigenvalue weighted by atomic mass is 16.3. The van der Waals surface area contributed by atoms with Crippen LogP contribution in [0.15, 0.2) is 30.3 Å². The minimum atomic E-state index is -0.577. The Labute approximate surface area is 108 Å². The first-order valence-corrected chi connectivity index (χ1v) is 6.26. The summed E-state index contributed by atoms with van der Waals surface area (Å²) >= 11 is 0. The number of amides is 1. The zero-order valence-corrected chi connectivity index (χ0v) is 11.0. The Balaban J connectivity index is 2.38. The van der Waals surface area contributed by atoms with E-state index in [0.29, 0.717) is 6.42 Å². The predicted octanol–water partition coefficient (Wildman–Crippen LogP) is 0.690. The third-order valence-corrected chi connectivity index (χ3v) is 2.89. The molecular formula is C14H22N2O2. The van der Waals surface area contributed by atoms with Crippen LogP contribution in [0.1, 0.15) is 19.4 Å². The van der Waals surface area contributed by atoms with Crippen LogP contribution >= 0.6 is 0 Å². The molecule has 2 atom stereocenters. The molecule has 0 saturated carbocycles. The van der Waals surface area contributed by atoms with Gasteiger partial charge in [0.2, 0.25) is 5.91 Å². The topological polar surface area (TPSA) is 75.3 Å². The van der Waals surface area contributed by atoms with E-state index in [0.717, 1.165) is 5.56 Å². The summed E-state index contributed by atoms with van der Waals surface area (Å²) in [6, 6.07) is 9.07. The fraction of sp³-hybridized carbons (Fsp3) is 0.500. The Kier molecular flexibility index (Phi) is 5.82. The van der Waals surface area contributed by atoms with Crippen molar-refractivity contribution in [2.75, 3.05) is 6.54 Å². The van der Waals surface area contributed by atoms with Crippen molar-refractivity contribution in [3.05, 3.63) is 35.9 Å². The molecule has 4 heteroatoms. The maximum Gasteiger partial charge on any atom is 0.237 e. The van der Waals surface area contributed by atoms with Crippen LogP contribution in [-0.4, -0.2) is 29.7 Å². The maximum absolute atomic E-state index is 11.7. The molecule has 1 rings (SSSR count). The lowest BCUT2D eigenvalue weighted by molar-refractivity contribution is -0.122. The van der Waals surface area contributed by atoms with Gasteiger partial charge in [-0.2, -0.15) is 0 Å². The first kappa shape index (κ1) is 14.7. The Hall–Kier alpha value is -1.39. The number of carbonyl (C=O) groups excluding carboxylic acids is 1. The normalized spacial score (nSPS) is 14.3. The highest BCUT2D eigenvalue weighted by Crippen LogP contribution is 2.02. The van der Waals surface area contributed by atoms with Crippen LogP contribution in [0.25, 0.3) is 0 Å². The number of nitrogens with two attached hydrogens (primary N) is 1. The zero-order chi connectivity index (χ0) is 13.5. The van der Waals surface area contributed by atoms with E-state index >= 15 is 0 Å². The quantitative estimate of drug-likeness (QED) is 0.695. The van der Waals surface area contributed by atoms with Crippen molar-refractivity contribution in [1.82, 2.24) is 5.32 Å². The predicted molar refractivity (Wildman–Crippen MR) is 72.0 cm³/mol. The van der Waals surface area contributed by atoms with Gasteiger partial charge in [-0.25, -0.2) is 0 Å². The summed E-state index contributed by atoms with van der Waals surface area (Å²) in [6.07, 6.45) is -0.0253. The number of nitrogens with one attached hydrogen (secondary N) is 1. The van der Waals surface area contributed by atoms with E-state index < -0.39 is 12.1 Å². The number of aliphatic hydroxyl groups is 1. The van der Waals surface area contributed by atoms with Crippen molar-refractivity contribution >= 4 is 5.91 Å². The molecule has 0 radical (unpaired) electrons. The molecule has 0 bridgehead atoms. The van der Waals surface area contributed by atoms with E-state index in [2.05, 4.69) is 5.32 Å². The van der Waals surface area contributed by atoms with Crippen LogP contribution in [0.3, 0.4) is 0 Å². The molecule has 100 valence electrons. The third-order valence-electron chi connectivity index (χ3n) is 2.89. The SMILES string of the molecule is CC(C)C(O)CNC(=O)[C@H](N)Cc1ccccc1. The van der Waals surface area contributed by atoms with E-state index in [4.69, 9.17) is 5.73 Å². The van der Waals surface area contributed by atoms with E-state index in [1.807, 2.05) is 44.2 Å². The van der Waals surface area contributed by atoms with Gasteiger partial charge in [-0.3, -0.25) is 4.79 Å². The monoisotopic (exact) mass is 250 g/mol. The van der Waals surface area contributed by atoms with Crippen molar-refractivity contribution in [2.24, 2.45) is 11.7 Å². The van der Waals surface area contributed by atoms with Gasteiger partial charge in [0.15, 0.2) is 0 Å². The molecule has 18 heavy (non-hydrogen) atoms. The summed E-state index contributed by atoms with van der Waals surface area (Å²) in [6.45, 7) is 4.06. The van der Waals surface area contributed by atoms with Gasteiger partial charge < -0.3 is 16.2 Å². The van der Waals surface area contributed by atoms with Crippen LogP contribution in [0, 0.1) is 5.92 Å². The third kappa shape index (κ3) is 4.85. The lowest BCUT2D eigenvalue weighted by Crippen LogP contribution is -2.45. The minimum Gasteiger partial charge on any atom is -0.391 e. The molecule has 1 amide bonds. The van der Waals surface area contributed by atoms with Gasteiger partial charge in [0.25, 0.3) is 0 Å². The molecule has 4 N–H and O–H groups in total. The summed E-state index contributed by atoms with van der Waals surface area (Å²) in [5.41, 5.74) is 6.85. The van der Waals surface area contributed by atoms with Crippen LogP contribution in [0.4, 0.5) is 0 Å². The van der Waals surface area contributed by atoms with E-state index in [9.17, 15) is 9.90 Å². The second-order valence-electron chi connectivity index (χ2n) is 4.85. The molecule has 0 aromatic heterocycles. The van der Waals surface area contributed by atoms with Crippen molar-refractivity contribution < 1.29 is 9.90 Å². The molecule has 1 aromatic carbocycles. The Bertz CT molecular complexity index is 365. The summed E-state index contributed by atoms with van der Waals surface area (Å²) in [4.78, 5) is 11.7. The summed E-state index contributed by atoms with van der Waals surface area (Å²) in [5, 5.41) is 12.3. The molecule has 0 aliphatic carbocycles. The van der Waals surface area contributed by atoms with Crippen molar-refractivity contribution in [3.8, 4) is 0 Å². The second-order valence-corrected chi connectivity index (χ2v) is 4.85. The Morgan fingerprint density at radius 2 is 1.94 bits per heavy atom. The van der Waals surface area contributed by atoms with Gasteiger partial charge in [-0.15, -0.1) is 0 Å². The molecule has 0 aliphatic rings. The number of hydrogen-bond donors (Lipinski definition) is 3. The van der Waals surface area contributed by atoms with Crippen LogP contribution < -0.4 is 11.1 Å². The first-order chi connectivity index (χ1) is 8.50. The summed E-state index contributed by atoms with van der Waals surface area (Å²) in [5.74, 6) is -0.103. The fourth-order valence-corrected chi connectivity index (χ4v) is 1.53. The molecule has 0 heterocycles. The average molecular weight is 250 g/mol. The number of hydrogen-bond acceptors (Lipinski definition) is 3. The van der Waals surface area contributed by atoms with E-state index in [-0.39, 0.29) is 18.4 Å². The second kappa shape index (κ2) is 7.13. The molecular weight excluding hydrogens is 228 g/mol. The standard InChI is InChI=1S/C14H22N2O2/c1-10(2)13(17)9-16-14(18)12(15)8-11-6-4-3-5-7-11/h3-7,10,12-13,17H,8-9,15H2,1-2H3,(H,16,18)/t12-,13?/m1/s1. The highest BCUT2D eigenvalue weighted by Gasteiger charge is 2.16. The average Bonchev–Trinajstić information content (AvgIpc) is 2.36. The van der Waals surface area contributed by atoms with Gasteiger partial charge in [0, 0.05) is 6.54 Å². The number of carbonyl (C=O) groups is 1. The highest BCUT2D eigenvalue weighted by molar-refractivity contribution is 5.81. The zero-order valence-electron chi connectivity index (χ0n) is 11.0. The van der Waals surface area contributed by atoms with Crippen LogP contribution in [-0.2, 0) is 11.2 Å². The number of aliphatic hydroxyl groups excluding tert-OH is 1. The van der Waals surface area contributed by atoms with Gasteiger partial charge in [-0.05, 0) is 17.9 Å². The molecule has 0 spiro atoms. The maximum atomic E-state index is 11.7. The van der Waals surface area contributed by atoms with Gasteiger partial charge >= 0.3 is 0 Å². The number of rotatable bonds is 6. The van der Waals surface area contributed by atoms with E-state index in [1.165, 1.54) is 0 Å². The molecule has 1 aromatic rings. The van der Waals surface area contributed by atoms with Crippen molar-refractivity contribution in [3.63, 3.8) is 0 Å². The Morgan fingerprint density at radius 3 is 2.50 bits per heavy atom. The lowest BCUT2D eigenvalue weighted by atomic mass is 10.1. The smallest absolute Gasteiger partial charge is 0.237 e. The number of benzene rings is 1. The van der Waals surface area contributed by atoms with Gasteiger partial charge in [0.05, 0.1) is 12.1 Å². The molecule has 0 saturated heterocycles. The van der Waals surface area contributed by atoms with Crippen LogP contribution in [0.5, 0.6) is 0 Å². The van der Waals surface area contributed by atoms with E-state index in [1.54, 1.807) is 0 Å². The van der Waals surface area contributed by atoms with Crippen molar-refractivity contribution in [2.45, 2.75) is 32.4 Å². The lowest BCUT2D eigenvalue weighted by Gasteiger charge is -2.17. The van der Waals surface area contributed by atoms with Crippen LogP contribution in [0.2, 0.25) is 0 Å². The van der Waals surface area contributed by atoms with Gasteiger partial charge in [-0.1, -0.05) is 44.2 Å². The molecule has 4 nitrogen and oxygen atoms in total. The minimum absolute atomic E-state index is 0.121. The summed E-state index contributed by atoms with van der Waals surface area (Å²) in [7, 11) is 0. The molecule has 0 fully saturated rings.